The number of rotatable bonds is 1. The van der Waals surface area contributed by atoms with Crippen LogP contribution in [-0.2, 0) is 0 Å². The Bertz CT molecular complexity index is 392. The minimum Gasteiger partial charge on any atom is -0.394 e. The van der Waals surface area contributed by atoms with Gasteiger partial charge in [-0.15, -0.1) is 0 Å². The molecule has 2 N–H and O–H groups in total. The smallest absolute Gasteiger partial charge is 0.151 e. The molecule has 0 saturated carbocycles. The molecule has 2 nitrogen and oxygen atoms in total. The van der Waals surface area contributed by atoms with Crippen LogP contribution in [0.25, 0.3) is 0 Å². The van der Waals surface area contributed by atoms with E-state index < -0.39 is 17.3 Å². The van der Waals surface area contributed by atoms with Crippen LogP contribution in [0.3, 0.4) is 0 Å². The Labute approximate surface area is 94.0 Å². The molecule has 0 atom stereocenters. The lowest BCUT2D eigenvalue weighted by atomic mass is 10.0. The average molecular weight is 226 g/mol. The summed E-state index contributed by atoms with van der Waals surface area (Å²) in [5, 5.41) is 0. The number of nitrogens with two attached hydrogens (primary N) is 1. The number of benzene rings is 1. The first-order valence-electron chi connectivity index (χ1n) is 5.44. The van der Waals surface area contributed by atoms with Gasteiger partial charge in [-0.1, -0.05) is 0 Å². The predicted molar refractivity (Wildman–Crippen MR) is 61.4 cm³/mol. The van der Waals surface area contributed by atoms with Gasteiger partial charge in [0.1, 0.15) is 5.69 Å². The molecule has 16 heavy (non-hydrogen) atoms. The van der Waals surface area contributed by atoms with Gasteiger partial charge in [0.15, 0.2) is 11.6 Å². The van der Waals surface area contributed by atoms with Crippen molar-refractivity contribution in [2.75, 3.05) is 17.2 Å². The van der Waals surface area contributed by atoms with Crippen LogP contribution in [0.2, 0.25) is 0 Å². The fourth-order valence-electron chi connectivity index (χ4n) is 2.31. The van der Waals surface area contributed by atoms with Crippen molar-refractivity contribution in [2.45, 2.75) is 32.2 Å². The van der Waals surface area contributed by atoms with Crippen LogP contribution in [0.1, 0.15) is 26.7 Å². The summed E-state index contributed by atoms with van der Waals surface area (Å²) in [4.78, 5) is 2.03. The van der Waals surface area contributed by atoms with Gasteiger partial charge in [0.25, 0.3) is 0 Å². The normalized spacial score (nSPS) is 19.1. The molecule has 1 saturated heterocycles. The fourth-order valence-corrected chi connectivity index (χ4v) is 2.31. The monoisotopic (exact) mass is 226 g/mol. The molecule has 1 aliphatic heterocycles. The zero-order chi connectivity index (χ0) is 11.9. The molecule has 0 aromatic heterocycles. The van der Waals surface area contributed by atoms with Gasteiger partial charge in [-0.25, -0.2) is 8.78 Å². The second kappa shape index (κ2) is 3.61. The summed E-state index contributed by atoms with van der Waals surface area (Å²) >= 11 is 0. The first kappa shape index (κ1) is 11.2. The van der Waals surface area contributed by atoms with Crippen LogP contribution in [0.15, 0.2) is 12.1 Å². The van der Waals surface area contributed by atoms with Gasteiger partial charge in [-0.2, -0.15) is 0 Å². The molecule has 0 radical (unpaired) electrons. The van der Waals surface area contributed by atoms with Crippen LogP contribution >= 0.6 is 0 Å². The third-order valence-electron chi connectivity index (χ3n) is 3.28. The quantitative estimate of drug-likeness (QED) is 0.746. The van der Waals surface area contributed by atoms with E-state index in [2.05, 4.69) is 13.8 Å². The third kappa shape index (κ3) is 1.72. The van der Waals surface area contributed by atoms with Crippen LogP contribution in [0, 0.1) is 11.6 Å². The lowest BCUT2D eigenvalue weighted by Gasteiger charge is -2.33. The molecule has 4 heteroatoms. The van der Waals surface area contributed by atoms with Gasteiger partial charge < -0.3 is 10.6 Å². The Kier molecular flexibility index (Phi) is 2.52. The average Bonchev–Trinajstić information content (AvgIpc) is 2.53. The number of anilines is 2. The summed E-state index contributed by atoms with van der Waals surface area (Å²) in [7, 11) is 0. The highest BCUT2D eigenvalue weighted by atomic mass is 19.1. The van der Waals surface area contributed by atoms with Crippen molar-refractivity contribution < 1.29 is 8.78 Å². The van der Waals surface area contributed by atoms with Crippen molar-refractivity contribution in [2.24, 2.45) is 0 Å². The summed E-state index contributed by atoms with van der Waals surface area (Å²) < 4.78 is 26.7. The Morgan fingerprint density at radius 3 is 2.25 bits per heavy atom. The number of nitrogens with zero attached hydrogens (tertiary/aromatic N) is 1. The summed E-state index contributed by atoms with van der Waals surface area (Å²) in [5.41, 5.74) is 5.38. The largest absolute Gasteiger partial charge is 0.394 e. The van der Waals surface area contributed by atoms with Crippen molar-refractivity contribution >= 4 is 11.4 Å². The molecule has 1 fully saturated rings. The minimum absolute atomic E-state index is 0.0466. The van der Waals surface area contributed by atoms with E-state index in [1.54, 1.807) is 0 Å². The van der Waals surface area contributed by atoms with Gasteiger partial charge in [-0.3, -0.25) is 0 Å². The highest BCUT2D eigenvalue weighted by molar-refractivity contribution is 5.57. The number of halogens is 2. The molecular formula is C12H16F2N2. The van der Waals surface area contributed by atoms with Crippen LogP contribution in [0.5, 0.6) is 0 Å². The predicted octanol–water partition coefficient (Wildman–Crippen LogP) is 2.93. The van der Waals surface area contributed by atoms with Crippen molar-refractivity contribution in [1.29, 1.82) is 0 Å². The third-order valence-corrected chi connectivity index (χ3v) is 3.28. The van der Waals surface area contributed by atoms with E-state index in [1.807, 2.05) is 4.90 Å². The first-order valence-corrected chi connectivity index (χ1v) is 5.44. The van der Waals surface area contributed by atoms with Crippen molar-refractivity contribution in [3.05, 3.63) is 23.8 Å². The molecule has 0 spiro atoms. The van der Waals surface area contributed by atoms with Crippen molar-refractivity contribution in [3.8, 4) is 0 Å². The maximum atomic E-state index is 13.4. The fraction of sp³-hybridized carbons (Fsp3) is 0.500. The van der Waals surface area contributed by atoms with E-state index in [1.165, 1.54) is 12.1 Å². The SMILES string of the molecule is CC1(C)CCCN1c1cc(F)c(N)c(F)c1. The van der Waals surface area contributed by atoms with Crippen molar-refractivity contribution in [3.63, 3.8) is 0 Å². The van der Waals surface area contributed by atoms with Gasteiger partial charge in [-0.05, 0) is 38.8 Å². The van der Waals surface area contributed by atoms with E-state index in [9.17, 15) is 8.78 Å². The van der Waals surface area contributed by atoms with Gasteiger partial charge >= 0.3 is 0 Å². The minimum atomic E-state index is -0.683. The lowest BCUT2D eigenvalue weighted by Crippen LogP contribution is -2.38. The Hall–Kier alpha value is -1.32. The number of hydrogen-bond donors (Lipinski definition) is 1. The standard InChI is InChI=1S/C12H16F2N2/c1-12(2)4-3-5-16(12)8-6-9(13)11(15)10(14)7-8/h6-7H,3-5,15H2,1-2H3. The molecule has 88 valence electrons. The van der Waals surface area contributed by atoms with Crippen LogP contribution in [-0.4, -0.2) is 12.1 Å². The molecule has 0 aliphatic carbocycles. The molecular weight excluding hydrogens is 210 g/mol. The number of hydrogen-bond acceptors (Lipinski definition) is 2. The molecule has 1 heterocycles. The maximum Gasteiger partial charge on any atom is 0.151 e. The maximum absolute atomic E-state index is 13.4. The molecule has 0 amide bonds. The zero-order valence-electron chi connectivity index (χ0n) is 9.56. The van der Waals surface area contributed by atoms with E-state index in [-0.39, 0.29) is 5.54 Å². The zero-order valence-corrected chi connectivity index (χ0v) is 9.56. The first-order chi connectivity index (χ1) is 7.42. The molecule has 0 unspecified atom stereocenters. The Balaban J connectivity index is 2.41. The Morgan fingerprint density at radius 2 is 1.81 bits per heavy atom. The molecule has 2 rings (SSSR count). The second-order valence-electron chi connectivity index (χ2n) is 4.89. The highest BCUT2D eigenvalue weighted by Crippen LogP contribution is 2.35. The van der Waals surface area contributed by atoms with Gasteiger partial charge in [0, 0.05) is 17.8 Å². The molecule has 1 aromatic carbocycles. The molecule has 1 aromatic rings. The van der Waals surface area contributed by atoms with Gasteiger partial charge in [0.2, 0.25) is 0 Å². The summed E-state index contributed by atoms with van der Waals surface area (Å²) in [6.07, 6.45) is 2.07. The highest BCUT2D eigenvalue weighted by Gasteiger charge is 2.32. The molecule has 0 bridgehead atoms. The summed E-state index contributed by atoms with van der Waals surface area (Å²) in [6.45, 7) is 4.98. The van der Waals surface area contributed by atoms with E-state index in [0.717, 1.165) is 19.4 Å². The lowest BCUT2D eigenvalue weighted by molar-refractivity contribution is 0.514. The van der Waals surface area contributed by atoms with E-state index >= 15 is 0 Å². The molecule has 1 aliphatic rings. The Morgan fingerprint density at radius 1 is 1.25 bits per heavy atom. The van der Waals surface area contributed by atoms with E-state index in [4.69, 9.17) is 5.73 Å². The van der Waals surface area contributed by atoms with E-state index in [0.29, 0.717) is 5.69 Å². The van der Waals surface area contributed by atoms with Crippen LogP contribution in [0.4, 0.5) is 20.2 Å². The van der Waals surface area contributed by atoms with Crippen molar-refractivity contribution in [1.82, 2.24) is 0 Å². The van der Waals surface area contributed by atoms with Gasteiger partial charge in [0.05, 0.1) is 0 Å². The van der Waals surface area contributed by atoms with Crippen LogP contribution < -0.4 is 10.6 Å². The topological polar surface area (TPSA) is 29.3 Å². The number of nitrogen functional groups attached to an aromatic ring is 1. The summed E-state index contributed by atoms with van der Waals surface area (Å²) in [6, 6.07) is 2.62. The second-order valence-corrected chi connectivity index (χ2v) is 4.89. The summed E-state index contributed by atoms with van der Waals surface area (Å²) in [5.74, 6) is -1.37.